The van der Waals surface area contributed by atoms with Crippen LogP contribution in [0.15, 0.2) is 0 Å². The van der Waals surface area contributed by atoms with Gasteiger partial charge in [0.2, 0.25) is 5.91 Å². The van der Waals surface area contributed by atoms with E-state index < -0.39 is 12.0 Å². The molecule has 1 amide bonds. The molecule has 5 heteroatoms. The number of hydrogen-bond acceptors (Lipinski definition) is 3. The Kier molecular flexibility index (Phi) is 7.21. The molecule has 1 atom stereocenters. The second-order valence-corrected chi connectivity index (χ2v) is 6.05. The van der Waals surface area contributed by atoms with E-state index >= 15 is 0 Å². The highest BCUT2D eigenvalue weighted by atomic mass is 32.2. The molecule has 0 saturated heterocycles. The summed E-state index contributed by atoms with van der Waals surface area (Å²) in [7, 11) is 0. The van der Waals surface area contributed by atoms with Crippen LogP contribution in [0.3, 0.4) is 0 Å². The summed E-state index contributed by atoms with van der Waals surface area (Å²) in [5.41, 5.74) is 0. The lowest BCUT2D eigenvalue weighted by Gasteiger charge is -2.16. The first kappa shape index (κ1) is 15.3. The van der Waals surface area contributed by atoms with E-state index in [2.05, 4.69) is 5.32 Å². The summed E-state index contributed by atoms with van der Waals surface area (Å²) in [5, 5.41) is 11.8. The van der Waals surface area contributed by atoms with E-state index in [1.165, 1.54) is 11.8 Å². The van der Waals surface area contributed by atoms with E-state index in [9.17, 15) is 9.59 Å². The number of aliphatic carboxylic acids is 1. The van der Waals surface area contributed by atoms with Gasteiger partial charge in [-0.25, -0.2) is 4.79 Å². The predicted octanol–water partition coefficient (Wildman–Crippen LogP) is 1.74. The third-order valence-corrected chi connectivity index (χ3v) is 3.02. The number of carboxylic acids is 1. The molecule has 0 aromatic heterocycles. The van der Waals surface area contributed by atoms with Crippen LogP contribution < -0.4 is 5.32 Å². The van der Waals surface area contributed by atoms with Crippen molar-refractivity contribution < 1.29 is 14.7 Å². The first-order valence-electron chi connectivity index (χ1n) is 5.46. The van der Waals surface area contributed by atoms with Crippen molar-refractivity contribution >= 4 is 23.6 Å². The molecule has 0 aliphatic carbocycles. The molecule has 16 heavy (non-hydrogen) atoms. The van der Waals surface area contributed by atoms with Crippen LogP contribution in [-0.4, -0.2) is 34.0 Å². The number of carboxylic acid groups (broad SMARTS) is 1. The summed E-state index contributed by atoms with van der Waals surface area (Å²) in [6, 6.07) is -0.779. The molecular formula is C11H21NO3S. The summed E-state index contributed by atoms with van der Waals surface area (Å²) in [4.78, 5) is 22.3. The monoisotopic (exact) mass is 247 g/mol. The SMILES string of the molecule is CC(C)CC(=O)NC(CSC(C)C)C(=O)O. The fourth-order valence-electron chi connectivity index (χ4n) is 1.09. The fraction of sp³-hybridized carbons (Fsp3) is 0.818. The molecule has 0 aromatic rings. The lowest BCUT2D eigenvalue weighted by Crippen LogP contribution is -2.43. The van der Waals surface area contributed by atoms with Gasteiger partial charge in [-0.1, -0.05) is 27.7 Å². The normalized spacial score (nSPS) is 12.9. The predicted molar refractivity (Wildman–Crippen MR) is 66.6 cm³/mol. The lowest BCUT2D eigenvalue weighted by molar-refractivity contribution is -0.141. The van der Waals surface area contributed by atoms with Crippen molar-refractivity contribution in [1.82, 2.24) is 5.32 Å². The number of thioether (sulfide) groups is 1. The average Bonchev–Trinajstić information content (AvgIpc) is 2.09. The van der Waals surface area contributed by atoms with Crippen LogP contribution in [0.5, 0.6) is 0 Å². The third kappa shape index (κ3) is 7.56. The van der Waals surface area contributed by atoms with Crippen molar-refractivity contribution in [3.63, 3.8) is 0 Å². The minimum absolute atomic E-state index is 0.188. The van der Waals surface area contributed by atoms with E-state index in [1.807, 2.05) is 27.7 Å². The van der Waals surface area contributed by atoms with Gasteiger partial charge in [0.1, 0.15) is 6.04 Å². The number of carbonyl (C=O) groups is 2. The van der Waals surface area contributed by atoms with E-state index in [0.29, 0.717) is 17.4 Å². The van der Waals surface area contributed by atoms with Crippen LogP contribution >= 0.6 is 11.8 Å². The topological polar surface area (TPSA) is 66.4 Å². The average molecular weight is 247 g/mol. The van der Waals surface area contributed by atoms with Gasteiger partial charge in [-0.3, -0.25) is 4.79 Å². The second-order valence-electron chi connectivity index (χ2n) is 4.44. The van der Waals surface area contributed by atoms with Gasteiger partial charge < -0.3 is 10.4 Å². The molecule has 0 radical (unpaired) electrons. The number of rotatable bonds is 7. The number of carbonyl (C=O) groups excluding carboxylic acids is 1. The largest absolute Gasteiger partial charge is 0.480 e. The number of nitrogens with one attached hydrogen (secondary N) is 1. The molecule has 0 aliphatic rings. The Hall–Kier alpha value is -0.710. The minimum Gasteiger partial charge on any atom is -0.480 e. The molecule has 0 saturated carbocycles. The second kappa shape index (κ2) is 7.54. The maximum Gasteiger partial charge on any atom is 0.327 e. The van der Waals surface area contributed by atoms with Gasteiger partial charge in [0.25, 0.3) is 0 Å². The van der Waals surface area contributed by atoms with Crippen LogP contribution in [-0.2, 0) is 9.59 Å². The Morgan fingerprint density at radius 2 is 1.81 bits per heavy atom. The van der Waals surface area contributed by atoms with Gasteiger partial charge in [0, 0.05) is 12.2 Å². The van der Waals surface area contributed by atoms with Crippen LogP contribution in [0.4, 0.5) is 0 Å². The zero-order valence-electron chi connectivity index (χ0n) is 10.3. The van der Waals surface area contributed by atoms with Gasteiger partial charge in [0.15, 0.2) is 0 Å². The molecule has 2 N–H and O–H groups in total. The summed E-state index contributed by atoms with van der Waals surface area (Å²) < 4.78 is 0. The van der Waals surface area contributed by atoms with Gasteiger partial charge in [-0.05, 0) is 11.2 Å². The van der Waals surface area contributed by atoms with E-state index in [1.54, 1.807) is 0 Å². The minimum atomic E-state index is -0.967. The molecular weight excluding hydrogens is 226 g/mol. The van der Waals surface area contributed by atoms with Crippen molar-refractivity contribution in [2.24, 2.45) is 5.92 Å². The highest BCUT2D eigenvalue weighted by Gasteiger charge is 2.20. The molecule has 94 valence electrons. The zero-order valence-corrected chi connectivity index (χ0v) is 11.1. The standard InChI is InChI=1S/C11H21NO3S/c1-7(2)5-10(13)12-9(11(14)15)6-16-8(3)4/h7-9H,5-6H2,1-4H3,(H,12,13)(H,14,15). The molecule has 0 fully saturated rings. The van der Waals surface area contributed by atoms with Gasteiger partial charge >= 0.3 is 5.97 Å². The Labute approximate surface area is 101 Å². The summed E-state index contributed by atoms with van der Waals surface area (Å²) in [6.45, 7) is 7.86. The Morgan fingerprint density at radius 1 is 1.25 bits per heavy atom. The maximum atomic E-state index is 11.4. The van der Waals surface area contributed by atoms with Gasteiger partial charge in [-0.15, -0.1) is 0 Å². The zero-order chi connectivity index (χ0) is 12.7. The quantitative estimate of drug-likeness (QED) is 0.719. The Bertz CT molecular complexity index is 241. The molecule has 0 aromatic carbocycles. The molecule has 0 rings (SSSR count). The molecule has 1 unspecified atom stereocenters. The molecule has 4 nitrogen and oxygen atoms in total. The number of amides is 1. The van der Waals surface area contributed by atoms with Crippen LogP contribution in [0.25, 0.3) is 0 Å². The van der Waals surface area contributed by atoms with Crippen LogP contribution in [0.1, 0.15) is 34.1 Å². The molecule has 0 aliphatic heterocycles. The van der Waals surface area contributed by atoms with Gasteiger partial charge in [-0.2, -0.15) is 11.8 Å². The smallest absolute Gasteiger partial charge is 0.327 e. The molecule has 0 spiro atoms. The summed E-state index contributed by atoms with van der Waals surface area (Å²) in [6.07, 6.45) is 0.371. The van der Waals surface area contributed by atoms with Crippen LogP contribution in [0.2, 0.25) is 0 Å². The third-order valence-electron chi connectivity index (χ3n) is 1.82. The molecule has 0 heterocycles. The Balaban J connectivity index is 4.12. The fourth-order valence-corrected chi connectivity index (χ4v) is 1.89. The van der Waals surface area contributed by atoms with Crippen molar-refractivity contribution in [3.8, 4) is 0 Å². The van der Waals surface area contributed by atoms with Gasteiger partial charge in [0.05, 0.1) is 0 Å². The number of hydrogen-bond donors (Lipinski definition) is 2. The maximum absolute atomic E-state index is 11.4. The highest BCUT2D eigenvalue weighted by Crippen LogP contribution is 2.11. The van der Waals surface area contributed by atoms with E-state index in [0.717, 1.165) is 0 Å². The van der Waals surface area contributed by atoms with Crippen molar-refractivity contribution in [2.45, 2.75) is 45.4 Å². The Morgan fingerprint density at radius 3 is 2.19 bits per heavy atom. The van der Waals surface area contributed by atoms with Crippen molar-refractivity contribution in [1.29, 1.82) is 0 Å². The van der Waals surface area contributed by atoms with Crippen molar-refractivity contribution in [3.05, 3.63) is 0 Å². The summed E-state index contributed by atoms with van der Waals surface area (Å²) >= 11 is 1.53. The molecule has 0 bridgehead atoms. The lowest BCUT2D eigenvalue weighted by atomic mass is 10.1. The first-order chi connectivity index (χ1) is 7.32. The first-order valence-corrected chi connectivity index (χ1v) is 6.51. The van der Waals surface area contributed by atoms with Crippen LogP contribution in [0, 0.1) is 5.92 Å². The van der Waals surface area contributed by atoms with E-state index in [4.69, 9.17) is 5.11 Å². The van der Waals surface area contributed by atoms with E-state index in [-0.39, 0.29) is 11.8 Å². The summed E-state index contributed by atoms with van der Waals surface area (Å²) in [5.74, 6) is -0.499. The van der Waals surface area contributed by atoms with Crippen molar-refractivity contribution in [2.75, 3.05) is 5.75 Å². The highest BCUT2D eigenvalue weighted by molar-refractivity contribution is 7.99.